The smallest absolute Gasteiger partial charge is 0.322 e. The number of hydrogen-bond acceptors (Lipinski definition) is 5. The fraction of sp³-hybridized carbons (Fsp3) is 0.190. The van der Waals surface area contributed by atoms with E-state index in [1.54, 1.807) is 18.2 Å². The fourth-order valence-corrected chi connectivity index (χ4v) is 6.66. The average Bonchev–Trinajstić information content (AvgIpc) is 3.34. The van der Waals surface area contributed by atoms with Gasteiger partial charge in [0.15, 0.2) is 5.54 Å². The summed E-state index contributed by atoms with van der Waals surface area (Å²) in [5.74, 6) is -0.604. The normalized spacial score (nSPS) is 20.2. The van der Waals surface area contributed by atoms with Crippen molar-refractivity contribution in [3.63, 3.8) is 0 Å². The number of fused-ring (bicyclic) bond motifs is 2. The number of methoxy groups -OCH3 is 1. The van der Waals surface area contributed by atoms with Crippen LogP contribution in [0, 0.1) is 9.39 Å². The van der Waals surface area contributed by atoms with Crippen molar-refractivity contribution in [3.8, 4) is 5.75 Å². The summed E-state index contributed by atoms with van der Waals surface area (Å²) in [6.07, 6.45) is 0. The van der Waals surface area contributed by atoms with Crippen LogP contribution < -0.4 is 15.4 Å². The highest BCUT2D eigenvalue weighted by molar-refractivity contribution is 14.1. The molecule has 3 heterocycles. The first-order chi connectivity index (χ1) is 14.8. The third-order valence-corrected chi connectivity index (χ3v) is 8.36. The monoisotopic (exact) mass is 551 g/mol. The van der Waals surface area contributed by atoms with E-state index in [0.29, 0.717) is 31.7 Å². The number of nitrogens with zero attached hydrogens (tertiary/aromatic N) is 1. The number of hydrogen-bond donors (Lipinski definition) is 2. The summed E-state index contributed by atoms with van der Waals surface area (Å²) in [5.41, 5.74) is -0.138. The lowest BCUT2D eigenvalue weighted by Gasteiger charge is -2.30. The summed E-state index contributed by atoms with van der Waals surface area (Å²) in [6, 6.07) is 9.04. The van der Waals surface area contributed by atoms with Crippen molar-refractivity contribution in [3.05, 3.63) is 61.8 Å². The van der Waals surface area contributed by atoms with Crippen LogP contribution in [0.3, 0.4) is 0 Å². The second-order valence-electron chi connectivity index (χ2n) is 7.38. The third kappa shape index (κ3) is 3.07. The van der Waals surface area contributed by atoms with Gasteiger partial charge < -0.3 is 15.0 Å². The van der Waals surface area contributed by atoms with Crippen LogP contribution >= 0.6 is 33.9 Å². The Morgan fingerprint density at radius 2 is 2.03 bits per heavy atom. The molecular formula is C21H15FIN3O4S. The first-order valence-electron chi connectivity index (χ1n) is 9.30. The van der Waals surface area contributed by atoms with Crippen molar-refractivity contribution >= 4 is 61.9 Å². The molecule has 1 atom stereocenters. The van der Waals surface area contributed by atoms with Crippen molar-refractivity contribution in [1.82, 2.24) is 15.5 Å². The molecule has 5 rings (SSSR count). The van der Waals surface area contributed by atoms with E-state index in [-0.39, 0.29) is 18.3 Å². The number of halogens is 2. The number of imide groups is 1. The van der Waals surface area contributed by atoms with E-state index >= 15 is 0 Å². The lowest BCUT2D eigenvalue weighted by molar-refractivity contribution is -0.124. The Labute approximate surface area is 193 Å². The summed E-state index contributed by atoms with van der Waals surface area (Å²) in [6.45, 7) is 0.255. The van der Waals surface area contributed by atoms with Gasteiger partial charge in [0.1, 0.15) is 11.6 Å². The predicted octanol–water partition coefficient (Wildman–Crippen LogP) is 3.34. The number of rotatable bonds is 4. The van der Waals surface area contributed by atoms with Crippen molar-refractivity contribution < 1.29 is 23.5 Å². The molecule has 0 unspecified atom stereocenters. The van der Waals surface area contributed by atoms with Gasteiger partial charge >= 0.3 is 6.03 Å². The molecule has 2 N–H and O–H groups in total. The predicted molar refractivity (Wildman–Crippen MR) is 121 cm³/mol. The summed E-state index contributed by atoms with van der Waals surface area (Å²) < 4.78 is 20.5. The zero-order valence-corrected chi connectivity index (χ0v) is 19.1. The lowest BCUT2D eigenvalue weighted by atomic mass is 9.96. The van der Waals surface area contributed by atoms with Gasteiger partial charge in [-0.25, -0.2) is 9.18 Å². The Balaban J connectivity index is 1.59. The number of nitrogens with one attached hydrogen (secondary N) is 2. The molecule has 0 radical (unpaired) electrons. The molecule has 2 aliphatic heterocycles. The van der Waals surface area contributed by atoms with Gasteiger partial charge in [-0.05, 0) is 58.5 Å². The maximum Gasteiger partial charge on any atom is 0.322 e. The zero-order valence-electron chi connectivity index (χ0n) is 16.1. The van der Waals surface area contributed by atoms with E-state index in [2.05, 4.69) is 33.2 Å². The van der Waals surface area contributed by atoms with Crippen LogP contribution in [0.25, 0.3) is 10.1 Å². The molecule has 7 nitrogen and oxygen atoms in total. The number of thiophene rings is 1. The molecule has 2 aliphatic rings. The number of carbonyl (C=O) groups excluding carboxylic acids is 3. The van der Waals surface area contributed by atoms with Crippen molar-refractivity contribution in [2.45, 2.75) is 12.1 Å². The number of urea groups is 1. The van der Waals surface area contributed by atoms with Gasteiger partial charge in [-0.2, -0.15) is 0 Å². The summed E-state index contributed by atoms with van der Waals surface area (Å²) in [5, 5.41) is 5.70. The van der Waals surface area contributed by atoms with Gasteiger partial charge in [-0.3, -0.25) is 14.9 Å². The Kier molecular flexibility index (Phi) is 4.66. The van der Waals surface area contributed by atoms with Crippen LogP contribution in [-0.4, -0.2) is 36.4 Å². The van der Waals surface area contributed by atoms with Gasteiger partial charge in [0.05, 0.1) is 18.5 Å². The first-order valence-corrected chi connectivity index (χ1v) is 11.2. The van der Waals surface area contributed by atoms with Gasteiger partial charge in [0.25, 0.3) is 11.8 Å². The molecule has 31 heavy (non-hydrogen) atoms. The molecule has 158 valence electrons. The Morgan fingerprint density at radius 1 is 1.23 bits per heavy atom. The average molecular weight is 551 g/mol. The maximum atomic E-state index is 13.8. The number of benzene rings is 2. The van der Waals surface area contributed by atoms with E-state index in [0.717, 1.165) is 10.3 Å². The molecule has 0 spiro atoms. The molecule has 0 saturated carbocycles. The minimum atomic E-state index is -1.46. The van der Waals surface area contributed by atoms with Crippen molar-refractivity contribution in [2.24, 2.45) is 0 Å². The molecule has 1 saturated heterocycles. The molecule has 0 bridgehead atoms. The van der Waals surface area contributed by atoms with E-state index < -0.39 is 17.5 Å². The second kappa shape index (κ2) is 7.16. The molecule has 2 aromatic carbocycles. The Bertz CT molecular complexity index is 1290. The van der Waals surface area contributed by atoms with Crippen LogP contribution in [0.1, 0.15) is 20.8 Å². The van der Waals surface area contributed by atoms with Gasteiger partial charge in [0.2, 0.25) is 0 Å². The Hall–Kier alpha value is -2.73. The van der Waals surface area contributed by atoms with E-state index in [4.69, 9.17) is 4.74 Å². The van der Waals surface area contributed by atoms with Crippen LogP contribution in [0.5, 0.6) is 5.75 Å². The van der Waals surface area contributed by atoms with Crippen molar-refractivity contribution in [2.75, 3.05) is 13.7 Å². The molecule has 4 amide bonds. The van der Waals surface area contributed by atoms with Crippen molar-refractivity contribution in [1.29, 1.82) is 0 Å². The van der Waals surface area contributed by atoms with Crippen LogP contribution in [0.4, 0.5) is 9.18 Å². The van der Waals surface area contributed by atoms with E-state index in [1.807, 2.05) is 6.07 Å². The minimum Gasteiger partial charge on any atom is -0.497 e. The molecule has 1 fully saturated rings. The van der Waals surface area contributed by atoms with Gasteiger partial charge in [-0.15, -0.1) is 11.3 Å². The minimum absolute atomic E-state index is 0.0499. The summed E-state index contributed by atoms with van der Waals surface area (Å²) in [7, 11) is 1.53. The lowest BCUT2D eigenvalue weighted by Crippen LogP contribution is -2.52. The third-order valence-electron chi connectivity index (χ3n) is 5.54. The van der Waals surface area contributed by atoms with Gasteiger partial charge in [-0.1, -0.05) is 6.07 Å². The van der Waals surface area contributed by atoms with Gasteiger partial charge in [0, 0.05) is 25.8 Å². The quantitative estimate of drug-likeness (QED) is 0.385. The first kappa shape index (κ1) is 20.2. The Morgan fingerprint density at radius 3 is 2.74 bits per heavy atom. The topological polar surface area (TPSA) is 87.7 Å². The van der Waals surface area contributed by atoms with E-state index in [1.165, 1.54) is 35.5 Å². The highest BCUT2D eigenvalue weighted by atomic mass is 127. The van der Waals surface area contributed by atoms with E-state index in [9.17, 15) is 18.8 Å². The number of amides is 4. The second-order valence-corrected chi connectivity index (χ2v) is 9.51. The molecule has 10 heteroatoms. The standard InChI is InChI=1S/C21H15FIN3O4S/c1-30-12-4-2-10-8-26(18(27)13(10)7-12)9-21(19(28)24-20(29)25-21)17-16(23)14-6-11(22)3-5-15(14)31-17/h2-7H,8-9H2,1H3,(H2,24,25,28,29)/t21-/m0/s1. The number of ether oxygens (including phenoxy) is 1. The van der Waals surface area contributed by atoms with Crippen LogP contribution in [0.15, 0.2) is 36.4 Å². The maximum absolute atomic E-state index is 13.8. The summed E-state index contributed by atoms with van der Waals surface area (Å²) >= 11 is 3.36. The fourth-order valence-electron chi connectivity index (χ4n) is 4.03. The molecule has 1 aromatic heterocycles. The van der Waals surface area contributed by atoms with Crippen LogP contribution in [-0.2, 0) is 16.9 Å². The molecule has 0 aliphatic carbocycles. The molecule has 3 aromatic rings. The summed E-state index contributed by atoms with van der Waals surface area (Å²) in [4.78, 5) is 40.4. The SMILES string of the molecule is COc1ccc2c(c1)C(=O)N(C[C@@]1(c3sc4ccc(F)cc4c3I)NC(=O)NC1=O)C2. The molecular weight excluding hydrogens is 536 g/mol. The largest absolute Gasteiger partial charge is 0.497 e. The van der Waals surface area contributed by atoms with Crippen LogP contribution in [0.2, 0.25) is 0 Å². The zero-order chi connectivity index (χ0) is 21.9. The highest BCUT2D eigenvalue weighted by Crippen LogP contribution is 2.42. The highest BCUT2D eigenvalue weighted by Gasteiger charge is 2.52. The number of carbonyl (C=O) groups is 3.